The van der Waals surface area contributed by atoms with Crippen molar-refractivity contribution in [1.29, 1.82) is 5.41 Å². The zero-order valence-electron chi connectivity index (χ0n) is 8.11. The number of hydrogen-bond acceptors (Lipinski definition) is 2. The molecule has 0 unspecified atom stereocenters. The van der Waals surface area contributed by atoms with Crippen molar-refractivity contribution in [3.63, 3.8) is 0 Å². The van der Waals surface area contributed by atoms with Crippen molar-refractivity contribution in [3.8, 4) is 5.69 Å². The minimum absolute atomic E-state index is 0.00547. The first-order valence-electron chi connectivity index (χ1n) is 4.43. The van der Waals surface area contributed by atoms with Gasteiger partial charge in [-0.1, -0.05) is 0 Å². The van der Waals surface area contributed by atoms with Gasteiger partial charge in [-0.25, -0.2) is 13.5 Å². The highest BCUT2D eigenvalue weighted by Gasteiger charge is 2.14. The Balaban J connectivity index is 2.61. The van der Waals surface area contributed by atoms with Crippen LogP contribution in [0.2, 0.25) is 0 Å². The molecule has 3 N–H and O–H groups in total. The molecule has 0 atom stereocenters. The molecule has 0 fully saturated rings. The lowest BCUT2D eigenvalue weighted by Crippen LogP contribution is -2.13. The summed E-state index contributed by atoms with van der Waals surface area (Å²) in [5.74, 6) is -2.01. The summed E-state index contributed by atoms with van der Waals surface area (Å²) < 4.78 is 28.2. The van der Waals surface area contributed by atoms with Crippen LogP contribution in [-0.4, -0.2) is 15.6 Å². The van der Waals surface area contributed by atoms with Crippen LogP contribution in [0.15, 0.2) is 30.6 Å². The summed E-state index contributed by atoms with van der Waals surface area (Å²) in [5.41, 5.74) is 4.87. The number of amidine groups is 1. The second-order valence-corrected chi connectivity index (χ2v) is 3.15. The summed E-state index contributed by atoms with van der Waals surface area (Å²) in [5, 5.41) is 10.8. The quantitative estimate of drug-likeness (QED) is 0.596. The average Bonchev–Trinajstić information content (AvgIpc) is 2.69. The van der Waals surface area contributed by atoms with Gasteiger partial charge in [0.15, 0.2) is 11.6 Å². The lowest BCUT2D eigenvalue weighted by Gasteiger charge is -2.07. The van der Waals surface area contributed by atoms with Gasteiger partial charge >= 0.3 is 0 Å². The largest absolute Gasteiger partial charge is 0.384 e. The molecule has 0 amide bonds. The second-order valence-electron chi connectivity index (χ2n) is 3.15. The number of nitrogens with one attached hydrogen (secondary N) is 1. The van der Waals surface area contributed by atoms with Crippen molar-refractivity contribution in [2.75, 3.05) is 0 Å². The molecule has 1 aromatic carbocycles. The van der Waals surface area contributed by atoms with Crippen LogP contribution in [0.4, 0.5) is 8.78 Å². The second kappa shape index (κ2) is 3.73. The molecule has 0 saturated carbocycles. The highest BCUT2D eigenvalue weighted by atomic mass is 19.1. The van der Waals surface area contributed by atoms with Crippen molar-refractivity contribution in [2.24, 2.45) is 5.73 Å². The zero-order chi connectivity index (χ0) is 11.7. The van der Waals surface area contributed by atoms with Crippen molar-refractivity contribution in [1.82, 2.24) is 9.78 Å². The van der Waals surface area contributed by atoms with Crippen molar-refractivity contribution in [2.45, 2.75) is 0 Å². The summed E-state index contributed by atoms with van der Waals surface area (Å²) >= 11 is 0. The molecule has 16 heavy (non-hydrogen) atoms. The van der Waals surface area contributed by atoms with Gasteiger partial charge < -0.3 is 5.73 Å². The Labute approximate surface area is 89.8 Å². The summed E-state index contributed by atoms with van der Waals surface area (Å²) in [6.45, 7) is 0. The van der Waals surface area contributed by atoms with Crippen LogP contribution in [0.1, 0.15) is 5.56 Å². The molecule has 2 aromatic rings. The van der Waals surface area contributed by atoms with Gasteiger partial charge in [0.05, 0.1) is 0 Å². The highest BCUT2D eigenvalue weighted by Crippen LogP contribution is 2.18. The molecule has 0 radical (unpaired) electrons. The van der Waals surface area contributed by atoms with E-state index in [1.54, 1.807) is 6.07 Å². The van der Waals surface area contributed by atoms with Crippen molar-refractivity contribution >= 4 is 5.84 Å². The smallest absolute Gasteiger partial charge is 0.152 e. The summed E-state index contributed by atoms with van der Waals surface area (Å²) in [4.78, 5) is 0. The molecular weight excluding hydrogens is 214 g/mol. The molecule has 82 valence electrons. The maximum Gasteiger partial charge on any atom is 0.152 e. The van der Waals surface area contributed by atoms with E-state index in [9.17, 15) is 8.78 Å². The van der Waals surface area contributed by atoms with Gasteiger partial charge in [0.1, 0.15) is 11.5 Å². The van der Waals surface area contributed by atoms with E-state index in [-0.39, 0.29) is 17.1 Å². The first kappa shape index (κ1) is 10.3. The lowest BCUT2D eigenvalue weighted by molar-refractivity contribution is 0.559. The SMILES string of the molecule is N=C(N)c1cc(F)c(-n2cccn2)c(F)c1. The van der Waals surface area contributed by atoms with Crippen LogP contribution < -0.4 is 5.73 Å². The van der Waals surface area contributed by atoms with Crippen LogP contribution in [0.25, 0.3) is 5.69 Å². The number of aromatic nitrogens is 2. The Morgan fingerprint density at radius 1 is 1.31 bits per heavy atom. The van der Waals surface area contributed by atoms with Gasteiger partial charge in [0.2, 0.25) is 0 Å². The van der Waals surface area contributed by atoms with Gasteiger partial charge in [0, 0.05) is 18.0 Å². The van der Waals surface area contributed by atoms with Gasteiger partial charge in [-0.05, 0) is 18.2 Å². The topological polar surface area (TPSA) is 67.7 Å². The third-order valence-corrected chi connectivity index (χ3v) is 2.06. The predicted octanol–water partition coefficient (Wildman–Crippen LogP) is 1.43. The van der Waals surface area contributed by atoms with Crippen LogP contribution in [-0.2, 0) is 0 Å². The first-order valence-corrected chi connectivity index (χ1v) is 4.43. The minimum Gasteiger partial charge on any atom is -0.384 e. The lowest BCUT2D eigenvalue weighted by atomic mass is 10.1. The van der Waals surface area contributed by atoms with Gasteiger partial charge in [0.25, 0.3) is 0 Å². The number of rotatable bonds is 2. The van der Waals surface area contributed by atoms with Crippen LogP contribution in [0.5, 0.6) is 0 Å². The van der Waals surface area contributed by atoms with Gasteiger partial charge in [-0.3, -0.25) is 5.41 Å². The zero-order valence-corrected chi connectivity index (χ0v) is 8.11. The number of nitrogens with two attached hydrogens (primary N) is 1. The Morgan fingerprint density at radius 3 is 2.38 bits per heavy atom. The monoisotopic (exact) mass is 222 g/mol. The van der Waals surface area contributed by atoms with Crippen LogP contribution in [0.3, 0.4) is 0 Å². The fraction of sp³-hybridized carbons (Fsp3) is 0. The average molecular weight is 222 g/mol. The van der Waals surface area contributed by atoms with E-state index >= 15 is 0 Å². The van der Waals surface area contributed by atoms with E-state index in [2.05, 4.69) is 5.10 Å². The van der Waals surface area contributed by atoms with Gasteiger partial charge in [-0.15, -0.1) is 0 Å². The molecular formula is C10H8F2N4. The Kier molecular flexibility index (Phi) is 2.40. The maximum absolute atomic E-state index is 13.6. The summed E-state index contributed by atoms with van der Waals surface area (Å²) in [6, 6.07) is 3.56. The molecule has 1 heterocycles. The normalized spacial score (nSPS) is 10.4. The number of nitrogens with zero attached hydrogens (tertiary/aromatic N) is 2. The number of halogens is 2. The summed E-state index contributed by atoms with van der Waals surface area (Å²) in [7, 11) is 0. The first-order chi connectivity index (χ1) is 7.59. The van der Waals surface area contributed by atoms with E-state index < -0.39 is 11.6 Å². The van der Waals surface area contributed by atoms with E-state index in [0.29, 0.717) is 0 Å². The standard InChI is InChI=1S/C10H8F2N4/c11-7-4-6(10(13)14)5-8(12)9(7)16-3-1-2-15-16/h1-5H,(H3,13,14). The number of nitrogen functional groups attached to an aromatic ring is 1. The molecule has 6 heteroatoms. The van der Waals surface area contributed by atoms with Gasteiger partial charge in [-0.2, -0.15) is 5.10 Å². The fourth-order valence-electron chi connectivity index (χ4n) is 1.34. The Hall–Kier alpha value is -2.24. The van der Waals surface area contributed by atoms with Crippen LogP contribution in [0, 0.1) is 17.0 Å². The molecule has 0 aliphatic heterocycles. The minimum atomic E-state index is -0.811. The molecule has 1 aromatic heterocycles. The number of benzene rings is 1. The van der Waals surface area contributed by atoms with E-state index in [4.69, 9.17) is 11.1 Å². The number of hydrogen-bond donors (Lipinski definition) is 2. The van der Waals surface area contributed by atoms with E-state index in [1.165, 1.54) is 12.4 Å². The molecule has 4 nitrogen and oxygen atoms in total. The van der Waals surface area contributed by atoms with E-state index in [0.717, 1.165) is 16.8 Å². The summed E-state index contributed by atoms with van der Waals surface area (Å²) in [6.07, 6.45) is 2.84. The molecule has 2 rings (SSSR count). The van der Waals surface area contributed by atoms with Crippen molar-refractivity contribution in [3.05, 3.63) is 47.8 Å². The molecule has 0 aliphatic carbocycles. The highest BCUT2D eigenvalue weighted by molar-refractivity contribution is 5.95. The fourth-order valence-corrected chi connectivity index (χ4v) is 1.34. The Morgan fingerprint density at radius 2 is 1.94 bits per heavy atom. The third-order valence-electron chi connectivity index (χ3n) is 2.06. The Bertz CT molecular complexity index is 511. The molecule has 0 saturated heterocycles. The van der Waals surface area contributed by atoms with E-state index in [1.807, 2.05) is 0 Å². The predicted molar refractivity (Wildman–Crippen MR) is 54.5 cm³/mol. The van der Waals surface area contributed by atoms with Crippen LogP contribution >= 0.6 is 0 Å². The molecule has 0 bridgehead atoms. The maximum atomic E-state index is 13.6. The molecule has 0 aliphatic rings. The third kappa shape index (κ3) is 1.65. The van der Waals surface area contributed by atoms with Crippen molar-refractivity contribution < 1.29 is 8.78 Å². The molecule has 0 spiro atoms.